The largest absolute Gasteiger partial charge is 0.493 e. The topological polar surface area (TPSA) is 58.6 Å². The fourth-order valence-corrected chi connectivity index (χ4v) is 2.42. The molecule has 2 rings (SSSR count). The Labute approximate surface area is 153 Å². The smallest absolute Gasteiger partial charge is 0.243 e. The van der Waals surface area contributed by atoms with Crippen molar-refractivity contribution in [3.63, 3.8) is 0 Å². The number of anilines is 1. The van der Waals surface area contributed by atoms with Crippen molar-refractivity contribution in [3.8, 4) is 5.75 Å². The summed E-state index contributed by atoms with van der Waals surface area (Å²) >= 11 is 3.34. The Kier molecular flexibility index (Phi) is 6.94. The van der Waals surface area contributed by atoms with Gasteiger partial charge in [-0.3, -0.25) is 9.59 Å². The third-order valence-corrected chi connectivity index (χ3v) is 3.81. The molecule has 0 heterocycles. The van der Waals surface area contributed by atoms with Gasteiger partial charge in [-0.1, -0.05) is 22.0 Å². The van der Waals surface area contributed by atoms with Crippen molar-refractivity contribution in [1.29, 1.82) is 0 Å². The summed E-state index contributed by atoms with van der Waals surface area (Å²) < 4.78 is 19.2. The van der Waals surface area contributed by atoms with Crippen LogP contribution in [-0.2, 0) is 9.59 Å². The van der Waals surface area contributed by atoms with Crippen LogP contribution in [0.4, 0.5) is 10.1 Å². The lowest BCUT2D eigenvalue weighted by Crippen LogP contribution is -2.35. The summed E-state index contributed by atoms with van der Waals surface area (Å²) in [7, 11) is 1.55. The van der Waals surface area contributed by atoms with Crippen molar-refractivity contribution >= 4 is 33.4 Å². The molecule has 0 fully saturated rings. The standard InChI is InChI=1S/C18H18BrFN2O3/c1-22(12-17(23)21-15-7-5-14(20)6-8-15)18(24)9-10-25-16-4-2-3-13(19)11-16/h2-8,11H,9-10,12H2,1H3,(H,21,23). The summed E-state index contributed by atoms with van der Waals surface area (Å²) in [4.78, 5) is 25.3. The van der Waals surface area contributed by atoms with E-state index in [1.54, 1.807) is 13.1 Å². The first-order valence-electron chi connectivity index (χ1n) is 7.62. The Hall–Kier alpha value is -2.41. The van der Waals surface area contributed by atoms with E-state index in [4.69, 9.17) is 4.74 Å². The molecule has 5 nitrogen and oxygen atoms in total. The molecule has 0 aliphatic carbocycles. The Morgan fingerprint density at radius 2 is 1.92 bits per heavy atom. The molecule has 0 radical (unpaired) electrons. The maximum Gasteiger partial charge on any atom is 0.243 e. The summed E-state index contributed by atoms with van der Waals surface area (Å²) in [6.07, 6.45) is 0.160. The van der Waals surface area contributed by atoms with Gasteiger partial charge >= 0.3 is 0 Å². The Morgan fingerprint density at radius 3 is 2.60 bits per heavy atom. The van der Waals surface area contributed by atoms with E-state index in [1.165, 1.54) is 29.2 Å². The molecule has 0 spiro atoms. The first kappa shape index (κ1) is 18.9. The van der Waals surface area contributed by atoms with Crippen molar-refractivity contribution in [2.24, 2.45) is 0 Å². The number of amides is 2. The number of nitrogens with one attached hydrogen (secondary N) is 1. The average Bonchev–Trinajstić information content (AvgIpc) is 2.57. The molecule has 0 aliphatic rings. The van der Waals surface area contributed by atoms with Crippen LogP contribution in [0, 0.1) is 5.82 Å². The number of halogens is 2. The molecule has 7 heteroatoms. The number of carbonyl (C=O) groups is 2. The maximum atomic E-state index is 12.8. The molecular weight excluding hydrogens is 391 g/mol. The third-order valence-electron chi connectivity index (χ3n) is 3.32. The van der Waals surface area contributed by atoms with Gasteiger partial charge in [0.05, 0.1) is 19.6 Å². The molecule has 2 aromatic carbocycles. The molecule has 0 saturated heterocycles. The molecule has 0 unspecified atom stereocenters. The zero-order chi connectivity index (χ0) is 18.2. The zero-order valence-electron chi connectivity index (χ0n) is 13.7. The van der Waals surface area contributed by atoms with Gasteiger partial charge in [-0.05, 0) is 42.5 Å². The highest BCUT2D eigenvalue weighted by Gasteiger charge is 2.13. The van der Waals surface area contributed by atoms with Crippen molar-refractivity contribution in [2.75, 3.05) is 25.5 Å². The predicted molar refractivity (Wildman–Crippen MR) is 96.9 cm³/mol. The molecule has 0 bridgehead atoms. The number of rotatable bonds is 7. The van der Waals surface area contributed by atoms with Gasteiger partial charge in [-0.2, -0.15) is 0 Å². The first-order chi connectivity index (χ1) is 11.9. The van der Waals surface area contributed by atoms with Crippen LogP contribution in [-0.4, -0.2) is 36.9 Å². The van der Waals surface area contributed by atoms with E-state index in [2.05, 4.69) is 21.2 Å². The molecule has 132 valence electrons. The lowest BCUT2D eigenvalue weighted by molar-refractivity contribution is -0.133. The number of hydrogen-bond acceptors (Lipinski definition) is 3. The third kappa shape index (κ3) is 6.54. The monoisotopic (exact) mass is 408 g/mol. The molecule has 0 aliphatic heterocycles. The maximum absolute atomic E-state index is 12.8. The van der Waals surface area contributed by atoms with E-state index in [0.717, 1.165) is 4.47 Å². The van der Waals surface area contributed by atoms with E-state index >= 15 is 0 Å². The summed E-state index contributed by atoms with van der Waals surface area (Å²) in [6, 6.07) is 12.8. The van der Waals surface area contributed by atoms with Crippen molar-refractivity contribution in [1.82, 2.24) is 4.90 Å². The number of nitrogens with zero attached hydrogens (tertiary/aromatic N) is 1. The van der Waals surface area contributed by atoms with E-state index in [1.807, 2.05) is 18.2 Å². The first-order valence-corrected chi connectivity index (χ1v) is 8.41. The fourth-order valence-electron chi connectivity index (χ4n) is 2.04. The van der Waals surface area contributed by atoms with Crippen LogP contribution in [0.3, 0.4) is 0 Å². The molecule has 0 aromatic heterocycles. The molecule has 2 aromatic rings. The van der Waals surface area contributed by atoms with Crippen LogP contribution in [0.15, 0.2) is 53.0 Å². The minimum atomic E-state index is -0.379. The lowest BCUT2D eigenvalue weighted by Gasteiger charge is -2.17. The second-order valence-electron chi connectivity index (χ2n) is 5.36. The van der Waals surface area contributed by atoms with Gasteiger partial charge in [-0.25, -0.2) is 4.39 Å². The molecule has 0 atom stereocenters. The minimum Gasteiger partial charge on any atom is -0.493 e. The van der Waals surface area contributed by atoms with Crippen LogP contribution >= 0.6 is 15.9 Å². The SMILES string of the molecule is CN(CC(=O)Nc1ccc(F)cc1)C(=O)CCOc1cccc(Br)c1. The van der Waals surface area contributed by atoms with E-state index in [9.17, 15) is 14.0 Å². The van der Waals surface area contributed by atoms with Gasteiger partial charge in [0.1, 0.15) is 11.6 Å². The average molecular weight is 409 g/mol. The molecule has 25 heavy (non-hydrogen) atoms. The zero-order valence-corrected chi connectivity index (χ0v) is 15.3. The highest BCUT2D eigenvalue weighted by atomic mass is 79.9. The highest BCUT2D eigenvalue weighted by molar-refractivity contribution is 9.10. The van der Waals surface area contributed by atoms with E-state index in [0.29, 0.717) is 11.4 Å². The van der Waals surface area contributed by atoms with Gasteiger partial charge in [0, 0.05) is 17.2 Å². The minimum absolute atomic E-state index is 0.0902. The molecule has 0 saturated carbocycles. The Bertz CT molecular complexity index is 737. The number of likely N-dealkylation sites (N-methyl/N-ethyl adjacent to an activating group) is 1. The van der Waals surface area contributed by atoms with Crippen molar-refractivity contribution in [3.05, 3.63) is 58.8 Å². The highest BCUT2D eigenvalue weighted by Crippen LogP contribution is 2.17. The fraction of sp³-hybridized carbons (Fsp3) is 0.222. The number of benzene rings is 2. The van der Waals surface area contributed by atoms with Crippen LogP contribution in [0.1, 0.15) is 6.42 Å². The van der Waals surface area contributed by atoms with Gasteiger partial charge < -0.3 is 15.0 Å². The van der Waals surface area contributed by atoms with Crippen LogP contribution < -0.4 is 10.1 Å². The molecular formula is C18H18BrFN2O3. The van der Waals surface area contributed by atoms with Crippen LogP contribution in [0.25, 0.3) is 0 Å². The van der Waals surface area contributed by atoms with Gasteiger partial charge in [0.15, 0.2) is 0 Å². The van der Waals surface area contributed by atoms with Gasteiger partial charge in [-0.15, -0.1) is 0 Å². The Balaban J connectivity index is 1.73. The second kappa shape index (κ2) is 9.17. The number of carbonyl (C=O) groups excluding carboxylic acids is 2. The van der Waals surface area contributed by atoms with Crippen LogP contribution in [0.5, 0.6) is 5.75 Å². The summed E-state index contributed by atoms with van der Waals surface area (Å²) in [6.45, 7) is 0.131. The Morgan fingerprint density at radius 1 is 1.20 bits per heavy atom. The number of ether oxygens (including phenoxy) is 1. The van der Waals surface area contributed by atoms with Crippen molar-refractivity contribution in [2.45, 2.75) is 6.42 Å². The van der Waals surface area contributed by atoms with Crippen LogP contribution in [0.2, 0.25) is 0 Å². The lowest BCUT2D eigenvalue weighted by atomic mass is 10.3. The van der Waals surface area contributed by atoms with E-state index in [-0.39, 0.29) is 37.2 Å². The second-order valence-corrected chi connectivity index (χ2v) is 6.28. The quantitative estimate of drug-likeness (QED) is 0.762. The predicted octanol–water partition coefficient (Wildman–Crippen LogP) is 3.45. The van der Waals surface area contributed by atoms with Crippen molar-refractivity contribution < 1.29 is 18.7 Å². The molecule has 1 N–H and O–H groups in total. The summed E-state index contributed by atoms with van der Waals surface area (Å²) in [5, 5.41) is 2.61. The summed E-state index contributed by atoms with van der Waals surface area (Å²) in [5.41, 5.74) is 0.477. The number of hydrogen-bond donors (Lipinski definition) is 1. The normalized spacial score (nSPS) is 10.2. The molecule has 2 amide bonds. The van der Waals surface area contributed by atoms with E-state index < -0.39 is 0 Å². The van der Waals surface area contributed by atoms with Gasteiger partial charge in [0.25, 0.3) is 0 Å². The van der Waals surface area contributed by atoms with Gasteiger partial charge in [0.2, 0.25) is 11.8 Å². The summed E-state index contributed by atoms with van der Waals surface area (Å²) in [5.74, 6) is -0.269.